The van der Waals surface area contributed by atoms with Gasteiger partial charge in [0.25, 0.3) is 0 Å². The summed E-state index contributed by atoms with van der Waals surface area (Å²) in [5.41, 5.74) is 1.77. The maximum atomic E-state index is 12.8. The number of hydrogen-bond acceptors (Lipinski definition) is 4. The molecule has 0 saturated heterocycles. The van der Waals surface area contributed by atoms with Crippen molar-refractivity contribution >= 4 is 11.3 Å². The summed E-state index contributed by atoms with van der Waals surface area (Å²) in [6, 6.07) is 6.14. The van der Waals surface area contributed by atoms with Gasteiger partial charge in [-0.05, 0) is 38.0 Å². The van der Waals surface area contributed by atoms with Gasteiger partial charge in [0.2, 0.25) is 0 Å². The van der Waals surface area contributed by atoms with Crippen LogP contribution in [0.1, 0.15) is 35.7 Å². The third-order valence-corrected chi connectivity index (χ3v) is 4.07. The number of nitrogens with one attached hydrogen (secondary N) is 1. The maximum Gasteiger partial charge on any atom is 0.123 e. The van der Waals surface area contributed by atoms with Gasteiger partial charge in [-0.15, -0.1) is 11.3 Å². The Morgan fingerprint density at radius 2 is 2.05 bits per heavy atom. The van der Waals surface area contributed by atoms with Crippen molar-refractivity contribution in [3.05, 3.63) is 51.7 Å². The van der Waals surface area contributed by atoms with Crippen LogP contribution >= 0.6 is 11.3 Å². The fraction of sp³-hybridized carbons (Fsp3) is 0.400. The van der Waals surface area contributed by atoms with Crippen LogP contribution in [-0.2, 0) is 6.54 Å². The molecule has 0 aliphatic heterocycles. The van der Waals surface area contributed by atoms with E-state index in [0.717, 1.165) is 16.3 Å². The van der Waals surface area contributed by atoms with E-state index in [4.69, 9.17) is 0 Å². The number of nitrogens with zero attached hydrogens (tertiary/aromatic N) is 1. The highest BCUT2D eigenvalue weighted by Gasteiger charge is 2.12. The van der Waals surface area contributed by atoms with Gasteiger partial charge < -0.3 is 10.4 Å². The second kappa shape index (κ2) is 6.92. The molecule has 2 rings (SSSR count). The molecule has 3 nitrogen and oxygen atoms in total. The average molecular weight is 294 g/mol. The highest BCUT2D eigenvalue weighted by molar-refractivity contribution is 7.09. The van der Waals surface area contributed by atoms with Gasteiger partial charge in [0, 0.05) is 23.7 Å². The first-order chi connectivity index (χ1) is 9.54. The van der Waals surface area contributed by atoms with Crippen LogP contribution in [0.2, 0.25) is 0 Å². The maximum absolute atomic E-state index is 12.8. The minimum absolute atomic E-state index is 0.152. The minimum Gasteiger partial charge on any atom is -0.388 e. The quantitative estimate of drug-likeness (QED) is 0.860. The van der Waals surface area contributed by atoms with Crippen LogP contribution in [0.3, 0.4) is 0 Å². The Hall–Kier alpha value is -1.30. The van der Waals surface area contributed by atoms with Gasteiger partial charge in [-0.3, -0.25) is 0 Å². The molecule has 2 atom stereocenters. The molecule has 0 bridgehead atoms. The number of aliphatic hydroxyl groups excluding tert-OH is 1. The molecular formula is C15H19FN2OS. The molecule has 0 saturated carbocycles. The predicted octanol–water partition coefficient (Wildman–Crippen LogP) is 3.19. The summed E-state index contributed by atoms with van der Waals surface area (Å²) < 4.78 is 12.8. The molecule has 0 unspecified atom stereocenters. The van der Waals surface area contributed by atoms with Crippen LogP contribution in [0, 0.1) is 12.7 Å². The summed E-state index contributed by atoms with van der Waals surface area (Å²) in [4.78, 5) is 4.38. The third kappa shape index (κ3) is 4.37. The van der Waals surface area contributed by atoms with E-state index < -0.39 is 6.10 Å². The molecule has 5 heteroatoms. The summed E-state index contributed by atoms with van der Waals surface area (Å²) in [7, 11) is 0. The number of aliphatic hydroxyl groups is 1. The van der Waals surface area contributed by atoms with Crippen molar-refractivity contribution in [3.63, 3.8) is 0 Å². The third-order valence-electron chi connectivity index (χ3n) is 3.10. The number of rotatable bonds is 6. The summed E-state index contributed by atoms with van der Waals surface area (Å²) in [6.07, 6.45) is -0.00756. The van der Waals surface area contributed by atoms with E-state index in [9.17, 15) is 9.50 Å². The smallest absolute Gasteiger partial charge is 0.123 e. The Balaban J connectivity index is 1.81. The second-order valence-electron chi connectivity index (χ2n) is 4.97. The van der Waals surface area contributed by atoms with E-state index in [-0.39, 0.29) is 11.9 Å². The van der Waals surface area contributed by atoms with Crippen molar-refractivity contribution in [1.82, 2.24) is 10.3 Å². The van der Waals surface area contributed by atoms with Gasteiger partial charge >= 0.3 is 0 Å². The molecular weight excluding hydrogens is 275 g/mol. The molecule has 20 heavy (non-hydrogen) atoms. The number of thiazole rings is 1. The van der Waals surface area contributed by atoms with E-state index >= 15 is 0 Å². The van der Waals surface area contributed by atoms with Crippen molar-refractivity contribution in [1.29, 1.82) is 0 Å². The van der Waals surface area contributed by atoms with E-state index in [1.807, 2.05) is 19.2 Å². The van der Waals surface area contributed by atoms with Crippen LogP contribution < -0.4 is 5.32 Å². The lowest BCUT2D eigenvalue weighted by Crippen LogP contribution is -2.27. The fourth-order valence-electron chi connectivity index (χ4n) is 1.98. The van der Waals surface area contributed by atoms with Crippen molar-refractivity contribution in [3.8, 4) is 0 Å². The minimum atomic E-state index is -0.587. The molecule has 0 fully saturated rings. The standard InChI is InChI=1S/C15H19FN2OS/c1-10(17-8-15-18-11(2)9-20-15)7-14(19)12-3-5-13(16)6-4-12/h3-6,9-10,14,17,19H,7-8H2,1-2H3/t10-,14+/m0/s1. The molecule has 1 aromatic carbocycles. The van der Waals surface area contributed by atoms with Gasteiger partial charge in [-0.25, -0.2) is 9.37 Å². The zero-order chi connectivity index (χ0) is 14.5. The van der Waals surface area contributed by atoms with Crippen LogP contribution in [0.25, 0.3) is 0 Å². The van der Waals surface area contributed by atoms with E-state index in [0.29, 0.717) is 13.0 Å². The van der Waals surface area contributed by atoms with Crippen LogP contribution in [0.4, 0.5) is 4.39 Å². The first-order valence-electron chi connectivity index (χ1n) is 6.62. The molecule has 0 radical (unpaired) electrons. The monoisotopic (exact) mass is 294 g/mol. The lowest BCUT2D eigenvalue weighted by atomic mass is 10.0. The molecule has 1 aromatic heterocycles. The van der Waals surface area contributed by atoms with Gasteiger partial charge in [-0.1, -0.05) is 12.1 Å². The summed E-state index contributed by atoms with van der Waals surface area (Å²) in [6.45, 7) is 4.70. The lowest BCUT2D eigenvalue weighted by molar-refractivity contribution is 0.153. The van der Waals surface area contributed by atoms with Gasteiger partial charge in [0.1, 0.15) is 10.8 Å². The topological polar surface area (TPSA) is 45.1 Å². The Kier molecular flexibility index (Phi) is 5.23. The molecule has 2 N–H and O–H groups in total. The normalized spacial score (nSPS) is 14.2. The predicted molar refractivity (Wildman–Crippen MR) is 79.1 cm³/mol. The molecule has 1 heterocycles. The summed E-state index contributed by atoms with van der Waals surface area (Å²) in [5, 5.41) is 16.5. The van der Waals surface area contributed by atoms with E-state index in [1.54, 1.807) is 23.5 Å². The summed E-state index contributed by atoms with van der Waals surface area (Å²) in [5.74, 6) is -0.286. The second-order valence-corrected chi connectivity index (χ2v) is 5.91. The van der Waals surface area contributed by atoms with E-state index in [1.165, 1.54) is 12.1 Å². The van der Waals surface area contributed by atoms with Crippen molar-refractivity contribution < 1.29 is 9.50 Å². The van der Waals surface area contributed by atoms with Crippen molar-refractivity contribution in [2.24, 2.45) is 0 Å². The highest BCUT2D eigenvalue weighted by atomic mass is 32.1. The van der Waals surface area contributed by atoms with E-state index in [2.05, 4.69) is 10.3 Å². The number of hydrogen-bond donors (Lipinski definition) is 2. The summed E-state index contributed by atoms with van der Waals surface area (Å²) >= 11 is 1.63. The Labute approximate surface area is 122 Å². The number of aryl methyl sites for hydroxylation is 1. The fourth-order valence-corrected chi connectivity index (χ4v) is 2.71. The van der Waals surface area contributed by atoms with Crippen molar-refractivity contribution in [2.45, 2.75) is 39.0 Å². The molecule has 0 aliphatic carbocycles. The first-order valence-corrected chi connectivity index (χ1v) is 7.50. The number of halogens is 1. The first kappa shape index (κ1) is 15.1. The molecule has 0 spiro atoms. The molecule has 108 valence electrons. The van der Waals surface area contributed by atoms with Crippen LogP contribution in [-0.4, -0.2) is 16.1 Å². The highest BCUT2D eigenvalue weighted by Crippen LogP contribution is 2.19. The largest absolute Gasteiger partial charge is 0.388 e. The van der Waals surface area contributed by atoms with Gasteiger partial charge in [0.05, 0.1) is 6.10 Å². The Bertz CT molecular complexity index is 541. The molecule has 0 aliphatic rings. The Morgan fingerprint density at radius 3 is 2.65 bits per heavy atom. The van der Waals surface area contributed by atoms with Gasteiger partial charge in [0.15, 0.2) is 0 Å². The average Bonchev–Trinajstić information content (AvgIpc) is 2.83. The lowest BCUT2D eigenvalue weighted by Gasteiger charge is -2.17. The number of benzene rings is 1. The Morgan fingerprint density at radius 1 is 1.35 bits per heavy atom. The SMILES string of the molecule is Cc1csc(CN[C@@H](C)C[C@@H](O)c2ccc(F)cc2)n1. The number of aromatic nitrogens is 1. The van der Waals surface area contributed by atoms with Crippen LogP contribution in [0.15, 0.2) is 29.6 Å². The van der Waals surface area contributed by atoms with Crippen molar-refractivity contribution in [2.75, 3.05) is 0 Å². The van der Waals surface area contributed by atoms with Crippen LogP contribution in [0.5, 0.6) is 0 Å². The van der Waals surface area contributed by atoms with Gasteiger partial charge in [-0.2, -0.15) is 0 Å². The molecule has 2 aromatic rings. The molecule has 0 amide bonds. The zero-order valence-electron chi connectivity index (χ0n) is 11.6. The zero-order valence-corrected chi connectivity index (χ0v) is 12.5.